The van der Waals surface area contributed by atoms with E-state index in [9.17, 15) is 0 Å². The van der Waals surface area contributed by atoms with Crippen LogP contribution in [-0.4, -0.2) is 39.1 Å². The molecule has 0 radical (unpaired) electrons. The van der Waals surface area contributed by atoms with Gasteiger partial charge in [-0.2, -0.15) is 0 Å². The summed E-state index contributed by atoms with van der Waals surface area (Å²) in [6.45, 7) is 3.62. The van der Waals surface area contributed by atoms with Crippen LogP contribution in [0.4, 0.5) is 0 Å². The molecule has 0 heterocycles. The third-order valence-corrected chi connectivity index (χ3v) is 5.61. The van der Waals surface area contributed by atoms with Crippen LogP contribution in [0.3, 0.4) is 0 Å². The van der Waals surface area contributed by atoms with Gasteiger partial charge in [0.15, 0.2) is 0 Å². The van der Waals surface area contributed by atoms with E-state index in [1.807, 2.05) is 14.2 Å². The van der Waals surface area contributed by atoms with Crippen molar-refractivity contribution in [3.05, 3.63) is 0 Å². The second-order valence-corrected chi connectivity index (χ2v) is 6.43. The topological polar surface area (TPSA) is 27.7 Å². The molecule has 2 aliphatic carbocycles. The fraction of sp³-hybridized carbons (Fsp3) is 1.00. The van der Waals surface area contributed by atoms with E-state index in [4.69, 9.17) is 14.2 Å². The highest BCUT2D eigenvalue weighted by atomic mass is 16.5. The highest BCUT2D eigenvalue weighted by Gasteiger charge is 2.51. The van der Waals surface area contributed by atoms with Crippen molar-refractivity contribution in [3.63, 3.8) is 0 Å². The van der Waals surface area contributed by atoms with Crippen molar-refractivity contribution >= 4 is 0 Å². The van der Waals surface area contributed by atoms with E-state index in [2.05, 4.69) is 6.92 Å². The minimum Gasteiger partial charge on any atom is -0.381 e. The van der Waals surface area contributed by atoms with Crippen molar-refractivity contribution in [1.82, 2.24) is 0 Å². The number of hydrogen-bond acceptors (Lipinski definition) is 3. The van der Waals surface area contributed by atoms with E-state index in [-0.39, 0.29) is 11.7 Å². The van der Waals surface area contributed by atoms with Gasteiger partial charge in [0.2, 0.25) is 0 Å². The summed E-state index contributed by atoms with van der Waals surface area (Å²) in [5.41, 5.74) is -0.0193. The van der Waals surface area contributed by atoms with Crippen molar-refractivity contribution in [2.75, 3.05) is 27.4 Å². The molecule has 2 fully saturated rings. The van der Waals surface area contributed by atoms with Crippen molar-refractivity contribution in [2.45, 2.75) is 70.0 Å². The SMILES string of the molecule is CCOCC1C(OC)CCCC1(OC)C1CCCCC1. The normalized spacial score (nSPS) is 36.1. The van der Waals surface area contributed by atoms with Crippen LogP contribution in [0.2, 0.25) is 0 Å². The van der Waals surface area contributed by atoms with E-state index in [1.165, 1.54) is 44.9 Å². The van der Waals surface area contributed by atoms with Gasteiger partial charge in [-0.1, -0.05) is 19.3 Å². The summed E-state index contributed by atoms with van der Waals surface area (Å²) in [6.07, 6.45) is 10.5. The first-order chi connectivity index (χ1) is 9.78. The lowest BCUT2D eigenvalue weighted by Gasteiger charge is -2.51. The van der Waals surface area contributed by atoms with Crippen LogP contribution in [0.15, 0.2) is 0 Å². The Morgan fingerprint density at radius 2 is 1.75 bits per heavy atom. The molecule has 3 heteroatoms. The second-order valence-electron chi connectivity index (χ2n) is 6.43. The molecule has 0 aromatic rings. The van der Waals surface area contributed by atoms with E-state index in [0.29, 0.717) is 11.8 Å². The van der Waals surface area contributed by atoms with Crippen LogP contribution in [0.5, 0.6) is 0 Å². The Morgan fingerprint density at radius 1 is 1.00 bits per heavy atom. The van der Waals surface area contributed by atoms with Gasteiger partial charge < -0.3 is 14.2 Å². The van der Waals surface area contributed by atoms with Gasteiger partial charge in [0, 0.05) is 26.7 Å². The monoisotopic (exact) mass is 284 g/mol. The first-order valence-corrected chi connectivity index (χ1v) is 8.44. The Balaban J connectivity index is 2.19. The van der Waals surface area contributed by atoms with Gasteiger partial charge in [0.1, 0.15) is 0 Å². The highest BCUT2D eigenvalue weighted by Crippen LogP contribution is 2.47. The van der Waals surface area contributed by atoms with Crippen molar-refractivity contribution in [1.29, 1.82) is 0 Å². The minimum absolute atomic E-state index is 0.0193. The zero-order valence-corrected chi connectivity index (χ0v) is 13.5. The summed E-state index contributed by atoms with van der Waals surface area (Å²) in [4.78, 5) is 0. The van der Waals surface area contributed by atoms with Gasteiger partial charge in [0.25, 0.3) is 0 Å². The maximum Gasteiger partial charge on any atom is 0.0781 e. The Hall–Kier alpha value is -0.120. The van der Waals surface area contributed by atoms with Crippen molar-refractivity contribution in [3.8, 4) is 0 Å². The number of methoxy groups -OCH3 is 2. The Morgan fingerprint density at radius 3 is 2.35 bits per heavy atom. The molecule has 0 amide bonds. The van der Waals surface area contributed by atoms with Gasteiger partial charge in [0.05, 0.1) is 18.3 Å². The van der Waals surface area contributed by atoms with Crippen molar-refractivity contribution in [2.24, 2.45) is 11.8 Å². The maximum atomic E-state index is 6.20. The van der Waals surface area contributed by atoms with Crippen LogP contribution in [0.1, 0.15) is 58.3 Å². The Kier molecular flexibility index (Phi) is 6.31. The number of hydrogen-bond donors (Lipinski definition) is 0. The molecule has 3 unspecified atom stereocenters. The van der Waals surface area contributed by atoms with Crippen LogP contribution in [0.25, 0.3) is 0 Å². The Labute approximate surface area is 124 Å². The smallest absolute Gasteiger partial charge is 0.0781 e. The predicted molar refractivity (Wildman–Crippen MR) is 80.9 cm³/mol. The average Bonchev–Trinajstić information content (AvgIpc) is 2.53. The summed E-state index contributed by atoms with van der Waals surface area (Å²) in [5, 5.41) is 0. The van der Waals surface area contributed by atoms with E-state index < -0.39 is 0 Å². The lowest BCUT2D eigenvalue weighted by molar-refractivity contribution is -0.187. The predicted octanol–water partition coefficient (Wildman–Crippen LogP) is 3.80. The highest BCUT2D eigenvalue weighted by molar-refractivity contribution is 5.01. The molecule has 2 aliphatic rings. The summed E-state index contributed by atoms with van der Waals surface area (Å²) in [5.74, 6) is 1.07. The standard InChI is InChI=1S/C17H32O3/c1-4-20-13-15-16(18-2)11-8-12-17(15,19-3)14-9-6-5-7-10-14/h14-16H,4-13H2,1-3H3. The van der Waals surface area contributed by atoms with Crippen LogP contribution in [0, 0.1) is 11.8 Å². The lowest BCUT2D eigenvalue weighted by Crippen LogP contribution is -2.56. The van der Waals surface area contributed by atoms with Crippen molar-refractivity contribution < 1.29 is 14.2 Å². The van der Waals surface area contributed by atoms with Gasteiger partial charge >= 0.3 is 0 Å². The largest absolute Gasteiger partial charge is 0.381 e. The molecule has 0 spiro atoms. The van der Waals surface area contributed by atoms with E-state index in [1.54, 1.807) is 0 Å². The fourth-order valence-electron chi connectivity index (χ4n) is 4.57. The van der Waals surface area contributed by atoms with Gasteiger partial charge in [-0.25, -0.2) is 0 Å². The average molecular weight is 284 g/mol. The Bertz CT molecular complexity index is 275. The van der Waals surface area contributed by atoms with Crippen LogP contribution >= 0.6 is 0 Å². The zero-order chi connectivity index (χ0) is 14.4. The lowest BCUT2D eigenvalue weighted by atomic mass is 9.63. The first-order valence-electron chi connectivity index (χ1n) is 8.44. The molecule has 20 heavy (non-hydrogen) atoms. The second kappa shape index (κ2) is 7.77. The van der Waals surface area contributed by atoms with Crippen LogP contribution < -0.4 is 0 Å². The molecule has 0 saturated heterocycles. The molecule has 0 bridgehead atoms. The molecule has 0 aliphatic heterocycles. The van der Waals surface area contributed by atoms with Gasteiger partial charge in [-0.15, -0.1) is 0 Å². The third-order valence-electron chi connectivity index (χ3n) is 5.61. The molecule has 118 valence electrons. The number of rotatable bonds is 6. The molecule has 0 aromatic carbocycles. The molecule has 2 saturated carbocycles. The zero-order valence-electron chi connectivity index (χ0n) is 13.5. The summed E-state index contributed by atoms with van der Waals surface area (Å²) in [7, 11) is 3.75. The van der Waals surface area contributed by atoms with Gasteiger partial charge in [-0.3, -0.25) is 0 Å². The van der Waals surface area contributed by atoms with E-state index in [0.717, 1.165) is 19.6 Å². The minimum atomic E-state index is -0.0193. The van der Waals surface area contributed by atoms with Gasteiger partial charge in [-0.05, 0) is 44.9 Å². The van der Waals surface area contributed by atoms with E-state index >= 15 is 0 Å². The quantitative estimate of drug-likeness (QED) is 0.742. The molecular weight excluding hydrogens is 252 g/mol. The first kappa shape index (κ1) is 16.3. The molecule has 0 N–H and O–H groups in total. The summed E-state index contributed by atoms with van der Waals surface area (Å²) in [6, 6.07) is 0. The van der Waals surface area contributed by atoms with Crippen LogP contribution in [-0.2, 0) is 14.2 Å². The number of ether oxygens (including phenoxy) is 3. The maximum absolute atomic E-state index is 6.20. The molecule has 3 atom stereocenters. The summed E-state index contributed by atoms with van der Waals surface area (Å²) >= 11 is 0. The summed E-state index contributed by atoms with van der Waals surface area (Å²) < 4.78 is 17.8. The fourth-order valence-corrected chi connectivity index (χ4v) is 4.57. The molecular formula is C17H32O3. The molecule has 2 rings (SSSR count). The molecule has 0 aromatic heterocycles. The molecule has 3 nitrogen and oxygen atoms in total. The third kappa shape index (κ3) is 3.20.